The number of hydrogen-bond acceptors (Lipinski definition) is 2. The van der Waals surface area contributed by atoms with Crippen LogP contribution in [0.2, 0.25) is 0 Å². The Kier molecular flexibility index (Phi) is 7.19. The van der Waals surface area contributed by atoms with Crippen molar-refractivity contribution in [3.05, 3.63) is 11.6 Å². The zero-order valence-corrected chi connectivity index (χ0v) is 21.9. The van der Waals surface area contributed by atoms with Crippen molar-refractivity contribution < 1.29 is 9.53 Å². The zero-order valence-electron chi connectivity index (χ0n) is 21.9. The molecule has 4 rings (SSSR count). The van der Waals surface area contributed by atoms with Crippen LogP contribution in [0.5, 0.6) is 0 Å². The molecule has 0 unspecified atom stereocenters. The summed E-state index contributed by atoms with van der Waals surface area (Å²) >= 11 is 0. The molecule has 0 aromatic heterocycles. The summed E-state index contributed by atoms with van der Waals surface area (Å²) in [7, 11) is 0. The number of rotatable bonds is 7. The van der Waals surface area contributed by atoms with Gasteiger partial charge in [-0.25, -0.2) is 0 Å². The topological polar surface area (TPSA) is 26.3 Å². The number of carbonyl (C=O) groups is 1. The van der Waals surface area contributed by atoms with Crippen molar-refractivity contribution in [3.63, 3.8) is 0 Å². The van der Waals surface area contributed by atoms with Crippen molar-refractivity contribution in [3.8, 4) is 0 Å². The number of allylic oxidation sites excluding steroid dienone is 1. The van der Waals surface area contributed by atoms with Crippen LogP contribution in [-0.2, 0) is 9.53 Å². The lowest BCUT2D eigenvalue weighted by molar-refractivity contribution is -0.151. The maximum atomic E-state index is 11.9. The number of hydrogen-bond donors (Lipinski definition) is 0. The molecule has 0 saturated heterocycles. The van der Waals surface area contributed by atoms with Crippen LogP contribution in [-0.4, -0.2) is 12.1 Å². The third-order valence-corrected chi connectivity index (χ3v) is 10.8. The van der Waals surface area contributed by atoms with Crippen LogP contribution in [0, 0.1) is 46.3 Å². The van der Waals surface area contributed by atoms with Gasteiger partial charge in [0.25, 0.3) is 0 Å². The first kappa shape index (κ1) is 24.3. The van der Waals surface area contributed by atoms with E-state index in [4.69, 9.17) is 4.74 Å². The molecule has 0 N–H and O–H groups in total. The number of ether oxygens (including phenoxy) is 1. The van der Waals surface area contributed by atoms with Gasteiger partial charge in [0.15, 0.2) is 0 Å². The van der Waals surface area contributed by atoms with E-state index in [-0.39, 0.29) is 12.1 Å². The molecule has 182 valence electrons. The van der Waals surface area contributed by atoms with E-state index >= 15 is 0 Å². The molecule has 3 saturated carbocycles. The predicted octanol–water partition coefficient (Wildman–Crippen LogP) is 8.35. The first-order valence-electron chi connectivity index (χ1n) is 14.1. The molecule has 0 aromatic rings. The van der Waals surface area contributed by atoms with Gasteiger partial charge in [0.05, 0.1) is 0 Å². The zero-order chi connectivity index (χ0) is 23.1. The summed E-state index contributed by atoms with van der Waals surface area (Å²) in [4.78, 5) is 11.9. The van der Waals surface area contributed by atoms with Crippen molar-refractivity contribution in [2.45, 2.75) is 125 Å². The predicted molar refractivity (Wildman–Crippen MR) is 133 cm³/mol. The van der Waals surface area contributed by atoms with Crippen molar-refractivity contribution >= 4 is 5.97 Å². The molecule has 4 aliphatic carbocycles. The van der Waals surface area contributed by atoms with Crippen molar-refractivity contribution in [1.82, 2.24) is 0 Å². The van der Waals surface area contributed by atoms with E-state index < -0.39 is 0 Å². The summed E-state index contributed by atoms with van der Waals surface area (Å²) < 4.78 is 5.76. The second-order valence-corrected chi connectivity index (χ2v) is 13.0. The molecule has 3 fully saturated rings. The maximum Gasteiger partial charge on any atom is 0.305 e. The Morgan fingerprint density at radius 1 is 1.06 bits per heavy atom. The van der Waals surface area contributed by atoms with Crippen LogP contribution in [0.3, 0.4) is 0 Å². The molecule has 0 bridgehead atoms. The lowest BCUT2D eigenvalue weighted by Gasteiger charge is -2.58. The first-order valence-corrected chi connectivity index (χ1v) is 14.1. The van der Waals surface area contributed by atoms with E-state index in [1.807, 2.05) is 6.92 Å². The smallest absolute Gasteiger partial charge is 0.305 e. The summed E-state index contributed by atoms with van der Waals surface area (Å²) in [6, 6.07) is 0. The van der Waals surface area contributed by atoms with Gasteiger partial charge in [0.1, 0.15) is 6.10 Å². The normalized spacial score (nSPS) is 42.0. The second kappa shape index (κ2) is 9.46. The fourth-order valence-electron chi connectivity index (χ4n) is 9.02. The van der Waals surface area contributed by atoms with E-state index in [9.17, 15) is 4.79 Å². The minimum absolute atomic E-state index is 0.0270. The number of carbonyl (C=O) groups excluding carboxylic acids is 1. The molecule has 4 aliphatic rings. The largest absolute Gasteiger partial charge is 0.462 e. The summed E-state index contributed by atoms with van der Waals surface area (Å²) in [5.41, 5.74) is 2.54. The highest BCUT2D eigenvalue weighted by Gasteiger charge is 2.59. The highest BCUT2D eigenvalue weighted by molar-refractivity contribution is 5.69. The lowest BCUT2D eigenvalue weighted by Crippen LogP contribution is -2.51. The highest BCUT2D eigenvalue weighted by Crippen LogP contribution is 2.67. The fraction of sp³-hybridized carbons (Fsp3) is 0.900. The maximum absolute atomic E-state index is 11.9. The number of esters is 1. The van der Waals surface area contributed by atoms with Gasteiger partial charge < -0.3 is 4.74 Å². The summed E-state index contributed by atoms with van der Waals surface area (Å²) in [6.45, 7) is 14.5. The van der Waals surface area contributed by atoms with Crippen molar-refractivity contribution in [2.24, 2.45) is 46.3 Å². The van der Waals surface area contributed by atoms with Gasteiger partial charge >= 0.3 is 5.97 Å². The summed E-state index contributed by atoms with van der Waals surface area (Å²) in [5.74, 6) is 5.28. The van der Waals surface area contributed by atoms with Gasteiger partial charge in [0, 0.05) is 12.8 Å². The van der Waals surface area contributed by atoms with Crippen LogP contribution in [0.4, 0.5) is 0 Å². The van der Waals surface area contributed by atoms with E-state index in [0.29, 0.717) is 17.3 Å². The van der Waals surface area contributed by atoms with E-state index in [1.165, 1.54) is 57.8 Å². The SMILES string of the molecule is CCC(=O)O[C@@H]1CC[C@@]2(C)C(=CC[C@H]3[C@@H]4CC[C@H]([C@H](C)CCCC(C)C)[C@@]4(C)CC[C@@H]32)C1. The molecule has 0 aromatic carbocycles. The Hall–Kier alpha value is -0.790. The Labute approximate surface area is 198 Å². The first-order chi connectivity index (χ1) is 15.2. The van der Waals surface area contributed by atoms with Gasteiger partial charge in [-0.15, -0.1) is 0 Å². The number of fused-ring (bicyclic) bond motifs is 5. The highest BCUT2D eigenvalue weighted by atomic mass is 16.5. The second-order valence-electron chi connectivity index (χ2n) is 13.0. The lowest BCUT2D eigenvalue weighted by atomic mass is 9.47. The van der Waals surface area contributed by atoms with Crippen molar-refractivity contribution in [2.75, 3.05) is 0 Å². The van der Waals surface area contributed by atoms with Crippen LogP contribution >= 0.6 is 0 Å². The molecule has 2 heteroatoms. The van der Waals surface area contributed by atoms with E-state index in [1.54, 1.807) is 5.57 Å². The van der Waals surface area contributed by atoms with Crippen LogP contribution in [0.15, 0.2) is 11.6 Å². The minimum atomic E-state index is -0.0270. The molecule has 0 spiro atoms. The standard InChI is InChI=1S/C30H50O2/c1-7-28(31)32-23-15-17-29(5)22(19-23)11-12-24-26-14-13-25(21(4)10-8-9-20(2)3)30(26,6)18-16-27(24)29/h11,20-21,23-27H,7-10,12-19H2,1-6H3/t21-,23-,24+,25-,26+,27+,29+,30-/m1/s1. The molecular weight excluding hydrogens is 392 g/mol. The Balaban J connectivity index is 1.45. The van der Waals surface area contributed by atoms with Gasteiger partial charge in [-0.2, -0.15) is 0 Å². The van der Waals surface area contributed by atoms with E-state index in [0.717, 1.165) is 48.3 Å². The summed E-state index contributed by atoms with van der Waals surface area (Å²) in [5, 5.41) is 0. The molecule has 0 aliphatic heterocycles. The van der Waals surface area contributed by atoms with Crippen LogP contribution in [0.25, 0.3) is 0 Å². The molecule has 0 amide bonds. The molecule has 32 heavy (non-hydrogen) atoms. The van der Waals surface area contributed by atoms with Gasteiger partial charge in [-0.1, -0.05) is 72.5 Å². The Morgan fingerprint density at radius 2 is 1.84 bits per heavy atom. The average Bonchev–Trinajstić information content (AvgIpc) is 3.11. The molecule has 2 nitrogen and oxygen atoms in total. The Bertz CT molecular complexity index is 708. The minimum Gasteiger partial charge on any atom is -0.462 e. The molecular formula is C30H50O2. The van der Waals surface area contributed by atoms with Gasteiger partial charge in [0.2, 0.25) is 0 Å². The van der Waals surface area contributed by atoms with Gasteiger partial charge in [-0.05, 0) is 91.3 Å². The van der Waals surface area contributed by atoms with Crippen LogP contribution in [0.1, 0.15) is 119 Å². The summed E-state index contributed by atoms with van der Waals surface area (Å²) in [6.07, 6.45) is 17.8. The van der Waals surface area contributed by atoms with Gasteiger partial charge in [-0.3, -0.25) is 4.79 Å². The monoisotopic (exact) mass is 442 g/mol. The van der Waals surface area contributed by atoms with E-state index in [2.05, 4.69) is 40.7 Å². The third-order valence-electron chi connectivity index (χ3n) is 10.8. The fourth-order valence-corrected chi connectivity index (χ4v) is 9.02. The average molecular weight is 443 g/mol. The molecule has 0 heterocycles. The quantitative estimate of drug-likeness (QED) is 0.292. The Morgan fingerprint density at radius 3 is 2.56 bits per heavy atom. The molecule has 8 atom stereocenters. The third kappa shape index (κ3) is 4.34. The van der Waals surface area contributed by atoms with Crippen LogP contribution < -0.4 is 0 Å². The molecule has 0 radical (unpaired) electrons. The van der Waals surface area contributed by atoms with Crippen molar-refractivity contribution in [1.29, 1.82) is 0 Å².